The molecule has 2 nitrogen and oxygen atoms in total. The molecule has 0 bridgehead atoms. The van der Waals surface area contributed by atoms with Crippen LogP contribution in [0.5, 0.6) is 0 Å². The summed E-state index contributed by atoms with van der Waals surface area (Å²) in [5, 5.41) is 1.83. The first-order chi connectivity index (χ1) is 6.68. The summed E-state index contributed by atoms with van der Waals surface area (Å²) in [6.45, 7) is 0. The molecule has 1 aromatic carbocycles. The molecule has 14 heavy (non-hydrogen) atoms. The Labute approximate surface area is 88.1 Å². The van der Waals surface area contributed by atoms with Crippen molar-refractivity contribution in [1.29, 1.82) is 0 Å². The number of halogens is 1. The van der Waals surface area contributed by atoms with E-state index < -0.39 is 0 Å². The fourth-order valence-corrected chi connectivity index (χ4v) is 1.67. The SMILES string of the molecule is CN(C)c1ccnc2ccc(Cl)cc12. The van der Waals surface area contributed by atoms with Crippen LogP contribution in [0.2, 0.25) is 5.02 Å². The van der Waals surface area contributed by atoms with E-state index >= 15 is 0 Å². The van der Waals surface area contributed by atoms with Crippen molar-refractivity contribution in [3.8, 4) is 0 Å². The van der Waals surface area contributed by atoms with Crippen molar-refractivity contribution < 1.29 is 0 Å². The lowest BCUT2D eigenvalue weighted by Gasteiger charge is -2.14. The number of hydrogen-bond acceptors (Lipinski definition) is 2. The Hall–Kier alpha value is -1.28. The van der Waals surface area contributed by atoms with Gasteiger partial charge in [0.2, 0.25) is 0 Å². The summed E-state index contributed by atoms with van der Waals surface area (Å²) in [5.74, 6) is 0. The molecule has 0 aliphatic heterocycles. The molecule has 0 saturated carbocycles. The summed E-state index contributed by atoms with van der Waals surface area (Å²) in [7, 11) is 4.02. The van der Waals surface area contributed by atoms with Crippen LogP contribution in [0.4, 0.5) is 5.69 Å². The minimum Gasteiger partial charge on any atom is -0.377 e. The molecule has 3 heteroatoms. The molecule has 0 aliphatic carbocycles. The van der Waals surface area contributed by atoms with Crippen LogP contribution in [0.25, 0.3) is 10.9 Å². The van der Waals surface area contributed by atoms with Gasteiger partial charge in [0.1, 0.15) is 0 Å². The third-order valence-corrected chi connectivity index (χ3v) is 2.40. The number of rotatable bonds is 1. The van der Waals surface area contributed by atoms with Gasteiger partial charge in [-0.15, -0.1) is 0 Å². The van der Waals surface area contributed by atoms with Gasteiger partial charge in [0, 0.05) is 36.4 Å². The highest BCUT2D eigenvalue weighted by Crippen LogP contribution is 2.26. The molecule has 72 valence electrons. The van der Waals surface area contributed by atoms with Gasteiger partial charge >= 0.3 is 0 Å². The molecule has 0 radical (unpaired) electrons. The molecule has 0 aliphatic rings. The topological polar surface area (TPSA) is 16.1 Å². The van der Waals surface area contributed by atoms with E-state index in [-0.39, 0.29) is 0 Å². The lowest BCUT2D eigenvalue weighted by molar-refractivity contribution is 1.14. The molecular formula is C11H11ClN2. The van der Waals surface area contributed by atoms with E-state index in [1.807, 2.05) is 44.6 Å². The Morgan fingerprint density at radius 3 is 2.71 bits per heavy atom. The second-order valence-corrected chi connectivity index (χ2v) is 3.82. The summed E-state index contributed by atoms with van der Waals surface area (Å²) in [4.78, 5) is 6.34. The van der Waals surface area contributed by atoms with E-state index in [0.29, 0.717) is 0 Å². The van der Waals surface area contributed by atoms with Gasteiger partial charge in [0.25, 0.3) is 0 Å². The highest BCUT2D eigenvalue weighted by atomic mass is 35.5. The highest BCUT2D eigenvalue weighted by Gasteiger charge is 2.03. The van der Waals surface area contributed by atoms with E-state index in [9.17, 15) is 0 Å². The molecule has 2 rings (SSSR count). The summed E-state index contributed by atoms with van der Waals surface area (Å²) < 4.78 is 0. The van der Waals surface area contributed by atoms with Crippen LogP contribution in [0, 0.1) is 0 Å². The van der Waals surface area contributed by atoms with Crippen molar-refractivity contribution in [2.45, 2.75) is 0 Å². The van der Waals surface area contributed by atoms with Gasteiger partial charge < -0.3 is 4.90 Å². The van der Waals surface area contributed by atoms with Crippen LogP contribution in [0.15, 0.2) is 30.5 Å². The Morgan fingerprint density at radius 2 is 2.00 bits per heavy atom. The number of aromatic nitrogens is 1. The summed E-state index contributed by atoms with van der Waals surface area (Å²) in [5.41, 5.74) is 2.11. The van der Waals surface area contributed by atoms with E-state index in [1.54, 1.807) is 0 Å². The zero-order valence-corrected chi connectivity index (χ0v) is 8.92. The van der Waals surface area contributed by atoms with E-state index in [2.05, 4.69) is 9.88 Å². The van der Waals surface area contributed by atoms with E-state index in [4.69, 9.17) is 11.6 Å². The average Bonchev–Trinajstić information content (AvgIpc) is 2.16. The predicted molar refractivity (Wildman–Crippen MR) is 61.1 cm³/mol. The van der Waals surface area contributed by atoms with Crippen molar-refractivity contribution in [3.63, 3.8) is 0 Å². The van der Waals surface area contributed by atoms with Crippen LogP contribution in [0.3, 0.4) is 0 Å². The van der Waals surface area contributed by atoms with Gasteiger partial charge in [-0.1, -0.05) is 11.6 Å². The second kappa shape index (κ2) is 3.46. The number of anilines is 1. The van der Waals surface area contributed by atoms with E-state index in [0.717, 1.165) is 21.6 Å². The van der Waals surface area contributed by atoms with Gasteiger partial charge in [-0.05, 0) is 24.3 Å². The maximum atomic E-state index is 5.95. The third-order valence-electron chi connectivity index (χ3n) is 2.16. The number of fused-ring (bicyclic) bond motifs is 1. The molecule has 0 fully saturated rings. The van der Waals surface area contributed by atoms with Crippen molar-refractivity contribution in [2.24, 2.45) is 0 Å². The van der Waals surface area contributed by atoms with Gasteiger partial charge in [0.15, 0.2) is 0 Å². The first kappa shape index (κ1) is 9.28. The lowest BCUT2D eigenvalue weighted by Crippen LogP contribution is -2.09. The molecule has 0 N–H and O–H groups in total. The smallest absolute Gasteiger partial charge is 0.0723 e. The molecule has 0 amide bonds. The van der Waals surface area contributed by atoms with Crippen molar-refractivity contribution in [2.75, 3.05) is 19.0 Å². The second-order valence-electron chi connectivity index (χ2n) is 3.39. The van der Waals surface area contributed by atoms with Crippen LogP contribution in [0.1, 0.15) is 0 Å². The lowest BCUT2D eigenvalue weighted by atomic mass is 10.2. The molecule has 0 spiro atoms. The quantitative estimate of drug-likeness (QED) is 0.713. The molecule has 1 aromatic heterocycles. The van der Waals surface area contributed by atoms with Crippen molar-refractivity contribution in [3.05, 3.63) is 35.5 Å². The molecular weight excluding hydrogens is 196 g/mol. The average molecular weight is 207 g/mol. The van der Waals surface area contributed by atoms with Crippen molar-refractivity contribution in [1.82, 2.24) is 4.98 Å². The molecule has 2 aromatic rings. The van der Waals surface area contributed by atoms with Crippen LogP contribution < -0.4 is 4.90 Å². The van der Waals surface area contributed by atoms with Gasteiger partial charge in [-0.2, -0.15) is 0 Å². The maximum absolute atomic E-state index is 5.95. The third kappa shape index (κ3) is 1.53. The molecule has 1 heterocycles. The van der Waals surface area contributed by atoms with Crippen LogP contribution >= 0.6 is 11.6 Å². The van der Waals surface area contributed by atoms with Crippen LogP contribution in [-0.4, -0.2) is 19.1 Å². The first-order valence-electron chi connectivity index (χ1n) is 4.40. The van der Waals surface area contributed by atoms with Crippen LogP contribution in [-0.2, 0) is 0 Å². The fourth-order valence-electron chi connectivity index (χ4n) is 1.49. The van der Waals surface area contributed by atoms with Gasteiger partial charge in [-0.3, -0.25) is 4.98 Å². The van der Waals surface area contributed by atoms with Gasteiger partial charge in [0.05, 0.1) is 5.52 Å². The summed E-state index contributed by atoms with van der Waals surface area (Å²) in [6, 6.07) is 7.72. The molecule has 0 atom stereocenters. The molecule has 0 unspecified atom stereocenters. The Balaban J connectivity index is 2.77. The Bertz CT molecular complexity index is 466. The zero-order valence-electron chi connectivity index (χ0n) is 8.16. The number of hydrogen-bond donors (Lipinski definition) is 0. The zero-order chi connectivity index (χ0) is 10.1. The first-order valence-corrected chi connectivity index (χ1v) is 4.78. The minimum atomic E-state index is 0.744. The van der Waals surface area contributed by atoms with E-state index in [1.165, 1.54) is 0 Å². The Kier molecular flexibility index (Phi) is 2.30. The number of nitrogens with zero attached hydrogens (tertiary/aromatic N) is 2. The summed E-state index contributed by atoms with van der Waals surface area (Å²) in [6.07, 6.45) is 1.81. The van der Waals surface area contributed by atoms with Gasteiger partial charge in [-0.25, -0.2) is 0 Å². The number of pyridine rings is 1. The highest BCUT2D eigenvalue weighted by molar-refractivity contribution is 6.31. The monoisotopic (exact) mass is 206 g/mol. The summed E-state index contributed by atoms with van der Waals surface area (Å²) >= 11 is 5.95. The maximum Gasteiger partial charge on any atom is 0.0723 e. The minimum absolute atomic E-state index is 0.744. The normalized spacial score (nSPS) is 10.5. The standard InChI is InChI=1S/C11H11ClN2/c1-14(2)11-5-6-13-10-4-3-8(12)7-9(10)11/h3-7H,1-2H3. The number of benzene rings is 1. The fraction of sp³-hybridized carbons (Fsp3) is 0.182. The Morgan fingerprint density at radius 1 is 1.21 bits per heavy atom. The molecule has 0 saturated heterocycles. The largest absolute Gasteiger partial charge is 0.377 e. The van der Waals surface area contributed by atoms with Crippen molar-refractivity contribution >= 4 is 28.2 Å². The predicted octanol–water partition coefficient (Wildman–Crippen LogP) is 2.95.